The maximum absolute atomic E-state index is 12.8. The number of halogens is 2. The van der Waals surface area contributed by atoms with E-state index in [1.54, 1.807) is 6.92 Å². The number of sulfonamides is 1. The van der Waals surface area contributed by atoms with Gasteiger partial charge in [0.15, 0.2) is 0 Å². The number of rotatable bonds is 6. The number of hydrogen-bond acceptors (Lipinski definition) is 7. The zero-order chi connectivity index (χ0) is 16.5. The van der Waals surface area contributed by atoms with Crippen molar-refractivity contribution < 1.29 is 22.5 Å². The van der Waals surface area contributed by atoms with Crippen molar-refractivity contribution in [2.45, 2.75) is 11.8 Å². The van der Waals surface area contributed by atoms with Crippen LogP contribution in [0.25, 0.3) is 0 Å². The van der Waals surface area contributed by atoms with Crippen LogP contribution in [0.4, 0.5) is 5.88 Å². The third-order valence-electron chi connectivity index (χ3n) is 2.62. The van der Waals surface area contributed by atoms with E-state index in [0.29, 0.717) is 5.69 Å². The molecule has 120 valence electrons. The molecule has 2 aromatic rings. The minimum Gasteiger partial charge on any atom is -0.363 e. The predicted octanol–water partition coefficient (Wildman–Crippen LogP) is 2.88. The number of aryl methyl sites for hydroxylation is 1. The van der Waals surface area contributed by atoms with Crippen LogP contribution < -0.4 is 4.31 Å². The monoisotopic (exact) mass is 384 g/mol. The Morgan fingerprint density at radius 2 is 2.23 bits per heavy atom. The highest BCUT2D eigenvalue weighted by molar-refractivity contribution is 7.93. The van der Waals surface area contributed by atoms with Gasteiger partial charge in [0, 0.05) is 7.11 Å². The van der Waals surface area contributed by atoms with Crippen LogP contribution in [0.15, 0.2) is 20.9 Å². The Morgan fingerprint density at radius 1 is 1.55 bits per heavy atom. The SMILES string of the molecule is COCN(c1onc(C)c1Cl)S(=O)(=O)c1ccsc1C(=O)Cl. The van der Waals surface area contributed by atoms with Crippen LogP contribution in [0, 0.1) is 6.92 Å². The predicted molar refractivity (Wildman–Crippen MR) is 82.3 cm³/mol. The fourth-order valence-electron chi connectivity index (χ4n) is 1.62. The Hall–Kier alpha value is -1.13. The van der Waals surface area contributed by atoms with Gasteiger partial charge in [0.25, 0.3) is 21.1 Å². The number of aromatic nitrogens is 1. The summed E-state index contributed by atoms with van der Waals surface area (Å²) in [7, 11) is -2.86. The summed E-state index contributed by atoms with van der Waals surface area (Å²) in [5.74, 6) is -0.194. The molecule has 0 aromatic carbocycles. The van der Waals surface area contributed by atoms with Crippen LogP contribution in [0.1, 0.15) is 15.4 Å². The molecule has 0 saturated heterocycles. The maximum atomic E-state index is 12.8. The Kier molecular flexibility index (Phi) is 5.13. The Balaban J connectivity index is 2.58. The van der Waals surface area contributed by atoms with E-state index >= 15 is 0 Å². The lowest BCUT2D eigenvalue weighted by atomic mass is 10.5. The van der Waals surface area contributed by atoms with Gasteiger partial charge in [0.05, 0.1) is 0 Å². The van der Waals surface area contributed by atoms with Gasteiger partial charge in [-0.25, -0.2) is 12.7 Å². The Labute approximate surface area is 140 Å². The standard InChI is InChI=1S/C11H10Cl2N2O5S2/c1-6-8(12)11(20-14-6)15(5-19-2)22(17,18)7-3-4-21-9(7)10(13)16/h3-4H,5H2,1-2H3. The van der Waals surface area contributed by atoms with Gasteiger partial charge in [0.1, 0.15) is 27.2 Å². The summed E-state index contributed by atoms with van der Waals surface area (Å²) in [5, 5.41) is 4.22. The second kappa shape index (κ2) is 6.55. The van der Waals surface area contributed by atoms with E-state index in [9.17, 15) is 13.2 Å². The number of nitrogens with zero attached hydrogens (tertiary/aromatic N) is 2. The number of anilines is 1. The molecule has 0 fully saturated rings. The van der Waals surface area contributed by atoms with Crippen molar-refractivity contribution in [3.63, 3.8) is 0 Å². The molecular formula is C11H10Cl2N2O5S2. The third-order valence-corrected chi connectivity index (χ3v) is 6.15. The van der Waals surface area contributed by atoms with E-state index in [-0.39, 0.29) is 27.4 Å². The normalized spacial score (nSPS) is 11.6. The summed E-state index contributed by atoms with van der Waals surface area (Å²) in [6, 6.07) is 1.27. The fraction of sp³-hybridized carbons (Fsp3) is 0.273. The molecule has 0 N–H and O–H groups in total. The van der Waals surface area contributed by atoms with Gasteiger partial charge in [-0.1, -0.05) is 16.8 Å². The molecule has 2 aromatic heterocycles. The van der Waals surface area contributed by atoms with Crippen molar-refractivity contribution in [2.24, 2.45) is 0 Å². The highest BCUT2D eigenvalue weighted by Gasteiger charge is 2.34. The van der Waals surface area contributed by atoms with Crippen LogP contribution in [-0.2, 0) is 14.8 Å². The van der Waals surface area contributed by atoms with Crippen molar-refractivity contribution >= 4 is 55.7 Å². The van der Waals surface area contributed by atoms with Gasteiger partial charge in [-0.15, -0.1) is 11.3 Å². The van der Waals surface area contributed by atoms with E-state index < -0.39 is 15.3 Å². The molecule has 0 bridgehead atoms. The molecule has 0 saturated carbocycles. The molecule has 0 radical (unpaired) electrons. The lowest BCUT2D eigenvalue weighted by molar-refractivity contribution is 0.108. The largest absolute Gasteiger partial charge is 0.363 e. The third kappa shape index (κ3) is 2.99. The van der Waals surface area contributed by atoms with E-state index in [0.717, 1.165) is 15.6 Å². The van der Waals surface area contributed by atoms with Gasteiger partial charge in [0.2, 0.25) is 0 Å². The quantitative estimate of drug-likeness (QED) is 0.561. The van der Waals surface area contributed by atoms with Gasteiger partial charge in [-0.05, 0) is 30.0 Å². The van der Waals surface area contributed by atoms with Crippen LogP contribution in [0.2, 0.25) is 5.02 Å². The van der Waals surface area contributed by atoms with Gasteiger partial charge < -0.3 is 9.26 Å². The Bertz CT molecular complexity index is 799. The highest BCUT2D eigenvalue weighted by atomic mass is 35.5. The van der Waals surface area contributed by atoms with Crippen LogP contribution >= 0.6 is 34.5 Å². The lowest BCUT2D eigenvalue weighted by Gasteiger charge is -2.20. The van der Waals surface area contributed by atoms with Crippen molar-refractivity contribution in [2.75, 3.05) is 18.1 Å². The topological polar surface area (TPSA) is 89.7 Å². The summed E-state index contributed by atoms with van der Waals surface area (Å²) < 4.78 is 36.2. The van der Waals surface area contributed by atoms with Crippen LogP contribution in [0.5, 0.6) is 0 Å². The zero-order valence-corrected chi connectivity index (χ0v) is 14.5. The van der Waals surface area contributed by atoms with Gasteiger partial charge >= 0.3 is 0 Å². The molecule has 11 heteroatoms. The molecule has 2 heterocycles. The average molecular weight is 385 g/mol. The molecule has 0 aliphatic carbocycles. The maximum Gasteiger partial charge on any atom is 0.270 e. The molecule has 0 atom stereocenters. The molecule has 0 unspecified atom stereocenters. The second-order valence-electron chi connectivity index (χ2n) is 4.05. The van der Waals surface area contributed by atoms with Crippen LogP contribution in [0.3, 0.4) is 0 Å². The molecular weight excluding hydrogens is 375 g/mol. The van der Waals surface area contributed by atoms with E-state index in [1.807, 2.05) is 0 Å². The summed E-state index contributed by atoms with van der Waals surface area (Å²) in [6.07, 6.45) is 0. The van der Waals surface area contributed by atoms with E-state index in [1.165, 1.54) is 18.6 Å². The summed E-state index contributed by atoms with van der Waals surface area (Å²) in [4.78, 5) is 11.0. The minimum atomic E-state index is -4.16. The van der Waals surface area contributed by atoms with Crippen molar-refractivity contribution in [3.8, 4) is 0 Å². The minimum absolute atomic E-state index is 0.0367. The number of methoxy groups -OCH3 is 1. The Morgan fingerprint density at radius 3 is 2.73 bits per heavy atom. The molecule has 7 nitrogen and oxygen atoms in total. The highest BCUT2D eigenvalue weighted by Crippen LogP contribution is 2.34. The lowest BCUT2D eigenvalue weighted by Crippen LogP contribution is -2.33. The van der Waals surface area contributed by atoms with E-state index in [2.05, 4.69) is 5.16 Å². The summed E-state index contributed by atoms with van der Waals surface area (Å²) >= 11 is 12.3. The first kappa shape index (κ1) is 17.2. The molecule has 22 heavy (non-hydrogen) atoms. The molecule has 0 amide bonds. The number of ether oxygens (including phenoxy) is 1. The van der Waals surface area contributed by atoms with Gasteiger partial charge in [-0.3, -0.25) is 4.79 Å². The summed E-state index contributed by atoms with van der Waals surface area (Å²) in [6.45, 7) is 1.19. The van der Waals surface area contributed by atoms with Gasteiger partial charge in [-0.2, -0.15) is 0 Å². The number of hydrogen-bond donors (Lipinski definition) is 0. The summed E-state index contributed by atoms with van der Waals surface area (Å²) in [5.41, 5.74) is 0.326. The molecule has 0 aliphatic heterocycles. The molecule has 0 spiro atoms. The smallest absolute Gasteiger partial charge is 0.270 e. The first-order valence-electron chi connectivity index (χ1n) is 5.71. The van der Waals surface area contributed by atoms with Crippen LogP contribution in [-0.4, -0.2) is 32.7 Å². The number of carbonyl (C=O) groups is 1. The van der Waals surface area contributed by atoms with E-state index in [4.69, 9.17) is 32.5 Å². The number of thiophene rings is 1. The van der Waals surface area contributed by atoms with Crippen molar-refractivity contribution in [1.29, 1.82) is 0 Å². The second-order valence-corrected chi connectivity index (χ2v) is 7.51. The first-order valence-corrected chi connectivity index (χ1v) is 8.79. The average Bonchev–Trinajstić information content (AvgIpc) is 3.06. The van der Waals surface area contributed by atoms with Crippen molar-refractivity contribution in [1.82, 2.24) is 5.16 Å². The molecule has 0 aliphatic rings. The fourth-order valence-corrected chi connectivity index (χ4v) is 4.69. The zero-order valence-electron chi connectivity index (χ0n) is 11.4. The first-order chi connectivity index (χ1) is 10.3. The molecule has 2 rings (SSSR count). The van der Waals surface area contributed by atoms with Crippen molar-refractivity contribution in [3.05, 3.63) is 27.0 Å². The number of carbonyl (C=O) groups excluding carboxylic acids is 1.